The van der Waals surface area contributed by atoms with Crippen LogP contribution in [0.5, 0.6) is 0 Å². The number of hydrogen-bond donors (Lipinski definition) is 2. The highest BCUT2D eigenvalue weighted by Gasteiger charge is 2.47. The SMILES string of the molecule is COC1CCC2(CC1)NC(=O)C(c1cc(C)ccc1C)=C2CCC(=O)O. The maximum atomic E-state index is 13.0. The maximum absolute atomic E-state index is 13.0. The zero-order valence-electron chi connectivity index (χ0n) is 15.7. The Hall–Kier alpha value is -2.14. The zero-order valence-corrected chi connectivity index (χ0v) is 15.7. The topological polar surface area (TPSA) is 75.6 Å². The normalized spacial score (nSPS) is 25.7. The number of hydrogen-bond acceptors (Lipinski definition) is 3. The van der Waals surface area contributed by atoms with E-state index in [-0.39, 0.29) is 18.4 Å². The number of benzene rings is 1. The summed E-state index contributed by atoms with van der Waals surface area (Å²) in [7, 11) is 1.72. The Morgan fingerprint density at radius 3 is 2.62 bits per heavy atom. The van der Waals surface area contributed by atoms with Gasteiger partial charge in [0.15, 0.2) is 0 Å². The van der Waals surface area contributed by atoms with Gasteiger partial charge in [0.05, 0.1) is 11.6 Å². The van der Waals surface area contributed by atoms with Gasteiger partial charge in [0.1, 0.15) is 0 Å². The molecule has 1 aromatic rings. The van der Waals surface area contributed by atoms with Crippen molar-refractivity contribution in [3.05, 3.63) is 40.5 Å². The average Bonchev–Trinajstić information content (AvgIpc) is 2.87. The molecule has 0 radical (unpaired) electrons. The second-order valence-electron chi connectivity index (χ2n) is 7.54. The minimum absolute atomic E-state index is 0.0358. The smallest absolute Gasteiger partial charge is 0.303 e. The lowest BCUT2D eigenvalue weighted by Crippen LogP contribution is -2.48. The van der Waals surface area contributed by atoms with Crippen LogP contribution in [0.3, 0.4) is 0 Å². The molecule has 1 aliphatic carbocycles. The highest BCUT2D eigenvalue weighted by Crippen LogP contribution is 2.45. The zero-order chi connectivity index (χ0) is 18.9. The van der Waals surface area contributed by atoms with Gasteiger partial charge in [0.25, 0.3) is 5.91 Å². The predicted octanol–water partition coefficient (Wildman–Crippen LogP) is 3.38. The number of carboxylic acids is 1. The van der Waals surface area contributed by atoms with Crippen molar-refractivity contribution in [3.63, 3.8) is 0 Å². The monoisotopic (exact) mass is 357 g/mol. The molecule has 0 saturated heterocycles. The molecule has 0 aromatic heterocycles. The van der Waals surface area contributed by atoms with Gasteiger partial charge in [0, 0.05) is 19.1 Å². The first-order chi connectivity index (χ1) is 12.4. The van der Waals surface area contributed by atoms with Crippen molar-refractivity contribution in [2.24, 2.45) is 0 Å². The lowest BCUT2D eigenvalue weighted by molar-refractivity contribution is -0.137. The third kappa shape index (κ3) is 3.40. The fourth-order valence-corrected chi connectivity index (χ4v) is 4.36. The lowest BCUT2D eigenvalue weighted by Gasteiger charge is -2.39. The Morgan fingerprint density at radius 1 is 1.31 bits per heavy atom. The van der Waals surface area contributed by atoms with Crippen molar-refractivity contribution in [2.75, 3.05) is 7.11 Å². The Labute approximate surface area is 154 Å². The van der Waals surface area contributed by atoms with Crippen LogP contribution < -0.4 is 5.32 Å². The Kier molecular flexibility index (Phi) is 5.19. The van der Waals surface area contributed by atoms with Crippen molar-refractivity contribution < 1.29 is 19.4 Å². The minimum Gasteiger partial charge on any atom is -0.481 e. The first-order valence-corrected chi connectivity index (χ1v) is 9.24. The van der Waals surface area contributed by atoms with Gasteiger partial charge < -0.3 is 15.2 Å². The number of carbonyl (C=O) groups is 2. The molecule has 0 bridgehead atoms. The van der Waals surface area contributed by atoms with Gasteiger partial charge in [-0.3, -0.25) is 9.59 Å². The molecule has 1 aromatic carbocycles. The first kappa shape index (κ1) is 18.6. The van der Waals surface area contributed by atoms with Gasteiger partial charge in [-0.15, -0.1) is 0 Å². The predicted molar refractivity (Wildman–Crippen MR) is 99.8 cm³/mol. The van der Waals surface area contributed by atoms with Crippen LogP contribution in [0.4, 0.5) is 0 Å². The molecular weight excluding hydrogens is 330 g/mol. The van der Waals surface area contributed by atoms with E-state index in [4.69, 9.17) is 4.74 Å². The third-order valence-corrected chi connectivity index (χ3v) is 5.83. The molecule has 2 aliphatic rings. The van der Waals surface area contributed by atoms with Gasteiger partial charge in [-0.25, -0.2) is 0 Å². The lowest BCUT2D eigenvalue weighted by atomic mass is 9.73. The molecule has 1 fully saturated rings. The second kappa shape index (κ2) is 7.23. The molecule has 1 amide bonds. The van der Waals surface area contributed by atoms with E-state index in [1.54, 1.807) is 7.11 Å². The number of nitrogens with one attached hydrogen (secondary N) is 1. The largest absolute Gasteiger partial charge is 0.481 e. The Bertz CT molecular complexity index is 757. The number of methoxy groups -OCH3 is 1. The van der Waals surface area contributed by atoms with Crippen LogP contribution >= 0.6 is 0 Å². The maximum Gasteiger partial charge on any atom is 0.303 e. The molecular formula is C21H27NO4. The van der Waals surface area contributed by atoms with Gasteiger partial charge >= 0.3 is 5.97 Å². The van der Waals surface area contributed by atoms with Crippen LogP contribution in [0.1, 0.15) is 55.2 Å². The summed E-state index contributed by atoms with van der Waals surface area (Å²) in [5, 5.41) is 12.4. The fourth-order valence-electron chi connectivity index (χ4n) is 4.36. The van der Waals surface area contributed by atoms with Crippen LogP contribution in [0.15, 0.2) is 23.8 Å². The number of carbonyl (C=O) groups excluding carboxylic acids is 1. The van der Waals surface area contributed by atoms with Crippen LogP contribution in [0.2, 0.25) is 0 Å². The molecule has 2 N–H and O–H groups in total. The van der Waals surface area contributed by atoms with E-state index < -0.39 is 11.5 Å². The van der Waals surface area contributed by atoms with E-state index in [1.807, 2.05) is 32.0 Å². The van der Waals surface area contributed by atoms with Crippen LogP contribution in [-0.2, 0) is 14.3 Å². The summed E-state index contributed by atoms with van der Waals surface area (Å²) in [6, 6.07) is 6.08. The summed E-state index contributed by atoms with van der Waals surface area (Å²) in [6.45, 7) is 4.00. The standard InChI is InChI=1S/C21H27NO4/c1-13-4-5-14(2)16(12-13)19-17(6-7-18(23)24)21(22-20(19)25)10-8-15(26-3)9-11-21/h4-5,12,15H,6-11H2,1-3H3,(H,22,25)(H,23,24). The van der Waals surface area contributed by atoms with E-state index >= 15 is 0 Å². The molecule has 5 nitrogen and oxygen atoms in total. The van der Waals surface area contributed by atoms with Crippen molar-refractivity contribution in [1.82, 2.24) is 5.32 Å². The van der Waals surface area contributed by atoms with Crippen molar-refractivity contribution in [1.29, 1.82) is 0 Å². The van der Waals surface area contributed by atoms with Gasteiger partial charge in [-0.1, -0.05) is 23.8 Å². The molecule has 0 unspecified atom stereocenters. The Morgan fingerprint density at radius 2 is 2.00 bits per heavy atom. The van der Waals surface area contributed by atoms with E-state index in [2.05, 4.69) is 5.32 Å². The first-order valence-electron chi connectivity index (χ1n) is 9.24. The van der Waals surface area contributed by atoms with Crippen molar-refractivity contribution >= 4 is 17.4 Å². The summed E-state index contributed by atoms with van der Waals surface area (Å²) >= 11 is 0. The van der Waals surface area contributed by atoms with Crippen molar-refractivity contribution in [2.45, 2.75) is 64.0 Å². The highest BCUT2D eigenvalue weighted by atomic mass is 16.5. The molecule has 0 atom stereocenters. The number of aryl methyl sites for hydroxylation is 2. The number of rotatable bonds is 5. The van der Waals surface area contributed by atoms with Crippen LogP contribution in [0, 0.1) is 13.8 Å². The Balaban J connectivity index is 2.07. The highest BCUT2D eigenvalue weighted by molar-refractivity contribution is 6.24. The number of ether oxygens (including phenoxy) is 1. The minimum atomic E-state index is -0.835. The molecule has 140 valence electrons. The van der Waals surface area contributed by atoms with Gasteiger partial charge in [-0.05, 0) is 62.7 Å². The van der Waals surface area contributed by atoms with Gasteiger partial charge in [-0.2, -0.15) is 0 Å². The number of aliphatic carboxylic acids is 1. The quantitative estimate of drug-likeness (QED) is 0.847. The summed E-state index contributed by atoms with van der Waals surface area (Å²) in [5.74, 6) is -0.909. The molecule has 1 saturated carbocycles. The molecule has 5 heteroatoms. The molecule has 3 rings (SSSR count). The van der Waals surface area contributed by atoms with E-state index in [0.29, 0.717) is 12.0 Å². The average molecular weight is 357 g/mol. The van der Waals surface area contributed by atoms with Crippen LogP contribution in [0.25, 0.3) is 5.57 Å². The fraction of sp³-hybridized carbons (Fsp3) is 0.524. The molecule has 1 heterocycles. The second-order valence-corrected chi connectivity index (χ2v) is 7.54. The van der Waals surface area contributed by atoms with Gasteiger partial charge in [0.2, 0.25) is 0 Å². The van der Waals surface area contributed by atoms with E-state index in [1.165, 1.54) is 0 Å². The van der Waals surface area contributed by atoms with E-state index in [0.717, 1.165) is 47.9 Å². The number of amides is 1. The molecule has 1 aliphatic heterocycles. The molecule has 1 spiro atoms. The molecule has 26 heavy (non-hydrogen) atoms. The number of carboxylic acid groups (broad SMARTS) is 1. The summed E-state index contributed by atoms with van der Waals surface area (Å²) in [5.41, 5.74) is 4.28. The van der Waals surface area contributed by atoms with Crippen LogP contribution in [-0.4, -0.2) is 35.7 Å². The summed E-state index contributed by atoms with van der Waals surface area (Å²) in [6.07, 6.45) is 3.97. The summed E-state index contributed by atoms with van der Waals surface area (Å²) < 4.78 is 5.48. The van der Waals surface area contributed by atoms with E-state index in [9.17, 15) is 14.7 Å². The van der Waals surface area contributed by atoms with Crippen molar-refractivity contribution in [3.8, 4) is 0 Å². The summed E-state index contributed by atoms with van der Waals surface area (Å²) in [4.78, 5) is 24.2. The third-order valence-electron chi connectivity index (χ3n) is 5.83.